The molecule has 7 nitrogen and oxygen atoms in total. The Morgan fingerprint density at radius 2 is 2.09 bits per heavy atom. The molecule has 0 amide bonds. The first-order valence-electron chi connectivity index (χ1n) is 10.5. The molecule has 158 valence electrons. The number of ketones is 1. The molecular weight excluding hydrogens is 420 g/mol. The number of carbonyl (C=O) groups is 1. The monoisotopic (exact) mass is 440 g/mol. The third-order valence-electron chi connectivity index (χ3n) is 5.81. The molecule has 5 aromatic heterocycles. The molecule has 8 heteroatoms. The van der Waals surface area contributed by atoms with Crippen LogP contribution < -0.4 is 5.32 Å². The zero-order valence-corrected chi connectivity index (χ0v) is 18.2. The number of thiophene rings is 1. The Kier molecular flexibility index (Phi) is 4.48. The average molecular weight is 441 g/mol. The molecule has 3 N–H and O–H groups in total. The van der Waals surface area contributed by atoms with Crippen LogP contribution >= 0.6 is 11.3 Å². The van der Waals surface area contributed by atoms with Crippen LogP contribution in [0.5, 0.6) is 0 Å². The van der Waals surface area contributed by atoms with Crippen LogP contribution in [-0.2, 0) is 0 Å². The molecule has 0 fully saturated rings. The molecule has 5 aromatic rings. The number of aromatic nitrogens is 5. The molecular formula is C24H20N6OS. The lowest BCUT2D eigenvalue weighted by molar-refractivity contribution is 0.102. The van der Waals surface area contributed by atoms with Crippen molar-refractivity contribution in [2.75, 3.05) is 13.1 Å². The Labute approximate surface area is 187 Å². The molecule has 0 atom stereocenters. The minimum Gasteiger partial charge on any atom is -0.338 e. The zero-order chi connectivity index (χ0) is 21.7. The number of nitrogens with zero attached hydrogens (tertiary/aromatic N) is 3. The van der Waals surface area contributed by atoms with Crippen LogP contribution in [0.25, 0.3) is 49.5 Å². The quantitative estimate of drug-likeness (QED) is 0.348. The van der Waals surface area contributed by atoms with E-state index in [9.17, 15) is 4.79 Å². The van der Waals surface area contributed by atoms with Crippen molar-refractivity contribution in [2.24, 2.45) is 0 Å². The van der Waals surface area contributed by atoms with E-state index in [0.29, 0.717) is 0 Å². The van der Waals surface area contributed by atoms with Crippen molar-refractivity contribution in [1.82, 2.24) is 30.5 Å². The number of aromatic amines is 2. The van der Waals surface area contributed by atoms with Gasteiger partial charge in [0, 0.05) is 28.6 Å². The maximum Gasteiger partial charge on any atom is 0.169 e. The predicted molar refractivity (Wildman–Crippen MR) is 128 cm³/mol. The van der Waals surface area contributed by atoms with Gasteiger partial charge in [-0.05, 0) is 61.9 Å². The minimum absolute atomic E-state index is 0.0787. The number of carbonyl (C=O) groups excluding carboxylic acids is 1. The Morgan fingerprint density at radius 1 is 1.16 bits per heavy atom. The second kappa shape index (κ2) is 7.51. The molecule has 0 saturated heterocycles. The standard InChI is InChI=1S/C24H20N6OS/c1-13(31)20-4-5-21(32-20)15-8-11-26-24-16(15)12-19(28-24)23-22-18(29-30-23)3-2-17(27-22)14-6-9-25-10-7-14/h2-6,8,11-12,25H,7,9-10H2,1H3,(H,26,28)(H,29,30). The van der Waals surface area contributed by atoms with Gasteiger partial charge in [-0.2, -0.15) is 5.10 Å². The lowest BCUT2D eigenvalue weighted by Crippen LogP contribution is -2.20. The highest BCUT2D eigenvalue weighted by Crippen LogP contribution is 2.36. The summed E-state index contributed by atoms with van der Waals surface area (Å²) in [4.78, 5) is 26.4. The van der Waals surface area contributed by atoms with Crippen molar-refractivity contribution >= 4 is 44.8 Å². The number of H-pyrrole nitrogens is 2. The summed E-state index contributed by atoms with van der Waals surface area (Å²) in [7, 11) is 0. The molecule has 1 aliphatic rings. The SMILES string of the molecule is CC(=O)c1ccc(-c2ccnc3[nH]c(-c4n[nH]c5ccc(C6=CCNCC6)nc45)cc23)s1. The number of hydrogen-bond acceptors (Lipinski definition) is 6. The lowest BCUT2D eigenvalue weighted by Gasteiger charge is -2.13. The number of Topliss-reactive ketones (excluding diaryl/α,β-unsaturated/α-hetero) is 1. The fourth-order valence-corrected chi connectivity index (χ4v) is 5.10. The predicted octanol–water partition coefficient (Wildman–Crippen LogP) is 4.81. The smallest absolute Gasteiger partial charge is 0.169 e. The van der Waals surface area contributed by atoms with E-state index in [0.717, 1.165) is 74.0 Å². The van der Waals surface area contributed by atoms with E-state index in [2.05, 4.69) is 43.7 Å². The van der Waals surface area contributed by atoms with E-state index in [1.54, 1.807) is 13.1 Å². The van der Waals surface area contributed by atoms with Gasteiger partial charge in [0.15, 0.2) is 5.78 Å². The highest BCUT2D eigenvalue weighted by Gasteiger charge is 2.17. The molecule has 6 rings (SSSR count). The van der Waals surface area contributed by atoms with Crippen molar-refractivity contribution in [3.8, 4) is 21.8 Å². The number of hydrogen-bond donors (Lipinski definition) is 3. The first kappa shape index (κ1) is 19.1. The summed E-state index contributed by atoms with van der Waals surface area (Å²) in [6, 6.07) is 12.0. The fraction of sp³-hybridized carbons (Fsp3) is 0.167. The van der Waals surface area contributed by atoms with E-state index >= 15 is 0 Å². The van der Waals surface area contributed by atoms with Crippen molar-refractivity contribution in [1.29, 1.82) is 0 Å². The van der Waals surface area contributed by atoms with Gasteiger partial charge in [0.05, 0.1) is 21.8 Å². The summed E-state index contributed by atoms with van der Waals surface area (Å²) in [5.41, 5.74) is 7.45. The van der Waals surface area contributed by atoms with Crippen LogP contribution in [0.15, 0.2) is 48.7 Å². The Bertz CT molecular complexity index is 1520. The molecule has 0 radical (unpaired) electrons. The summed E-state index contributed by atoms with van der Waals surface area (Å²) < 4.78 is 0. The van der Waals surface area contributed by atoms with Crippen LogP contribution in [-0.4, -0.2) is 44.0 Å². The Hall–Kier alpha value is -3.62. The molecule has 0 spiro atoms. The van der Waals surface area contributed by atoms with Crippen molar-refractivity contribution in [2.45, 2.75) is 13.3 Å². The van der Waals surface area contributed by atoms with Crippen LogP contribution in [0.1, 0.15) is 28.7 Å². The van der Waals surface area contributed by atoms with Gasteiger partial charge < -0.3 is 10.3 Å². The molecule has 0 unspecified atom stereocenters. The van der Waals surface area contributed by atoms with E-state index in [1.807, 2.05) is 24.3 Å². The highest BCUT2D eigenvalue weighted by atomic mass is 32.1. The lowest BCUT2D eigenvalue weighted by atomic mass is 10.0. The molecule has 32 heavy (non-hydrogen) atoms. The molecule has 6 heterocycles. The molecule has 0 bridgehead atoms. The van der Waals surface area contributed by atoms with Crippen molar-refractivity contribution < 1.29 is 4.79 Å². The number of nitrogens with one attached hydrogen (secondary N) is 3. The molecule has 0 saturated carbocycles. The van der Waals surface area contributed by atoms with Crippen LogP contribution in [0.4, 0.5) is 0 Å². The normalized spacial score (nSPS) is 14.2. The summed E-state index contributed by atoms with van der Waals surface area (Å²) >= 11 is 1.50. The Morgan fingerprint density at radius 3 is 2.91 bits per heavy atom. The van der Waals surface area contributed by atoms with E-state index in [-0.39, 0.29) is 5.78 Å². The topological polar surface area (TPSA) is 99.4 Å². The van der Waals surface area contributed by atoms with Crippen molar-refractivity contribution in [3.63, 3.8) is 0 Å². The van der Waals surface area contributed by atoms with E-state index < -0.39 is 0 Å². The molecule has 0 aromatic carbocycles. The van der Waals surface area contributed by atoms with Crippen LogP contribution in [0.2, 0.25) is 0 Å². The second-order valence-corrected chi connectivity index (χ2v) is 8.96. The summed E-state index contributed by atoms with van der Waals surface area (Å²) in [5.74, 6) is 0.0787. The summed E-state index contributed by atoms with van der Waals surface area (Å²) in [6.07, 6.45) is 4.95. The first-order chi connectivity index (χ1) is 15.7. The zero-order valence-electron chi connectivity index (χ0n) is 17.4. The number of rotatable bonds is 4. The van der Waals surface area contributed by atoms with E-state index in [4.69, 9.17) is 4.98 Å². The van der Waals surface area contributed by atoms with Crippen LogP contribution in [0, 0.1) is 0 Å². The summed E-state index contributed by atoms with van der Waals surface area (Å²) in [5, 5.41) is 12.0. The maximum absolute atomic E-state index is 11.7. The van der Waals surface area contributed by atoms with Gasteiger partial charge in [-0.15, -0.1) is 11.3 Å². The third kappa shape index (κ3) is 3.16. The minimum atomic E-state index is 0.0787. The van der Waals surface area contributed by atoms with Gasteiger partial charge in [-0.1, -0.05) is 6.08 Å². The van der Waals surface area contributed by atoms with Gasteiger partial charge >= 0.3 is 0 Å². The van der Waals surface area contributed by atoms with Gasteiger partial charge in [-0.25, -0.2) is 9.97 Å². The number of fused-ring (bicyclic) bond motifs is 2. The second-order valence-electron chi connectivity index (χ2n) is 7.87. The van der Waals surface area contributed by atoms with Crippen LogP contribution in [0.3, 0.4) is 0 Å². The fourth-order valence-electron chi connectivity index (χ4n) is 4.16. The maximum atomic E-state index is 11.7. The van der Waals surface area contributed by atoms with Crippen molar-refractivity contribution in [3.05, 3.63) is 59.2 Å². The van der Waals surface area contributed by atoms with Gasteiger partial charge in [-0.3, -0.25) is 9.89 Å². The average Bonchev–Trinajstić information content (AvgIpc) is 3.56. The van der Waals surface area contributed by atoms with Gasteiger partial charge in [0.25, 0.3) is 0 Å². The largest absolute Gasteiger partial charge is 0.338 e. The molecule has 0 aliphatic carbocycles. The molecule has 1 aliphatic heterocycles. The van der Waals surface area contributed by atoms with E-state index in [1.165, 1.54) is 16.9 Å². The van der Waals surface area contributed by atoms with Gasteiger partial charge in [0.1, 0.15) is 16.9 Å². The van der Waals surface area contributed by atoms with Gasteiger partial charge in [0.2, 0.25) is 0 Å². The Balaban J connectivity index is 1.47. The highest BCUT2D eigenvalue weighted by molar-refractivity contribution is 7.17. The summed E-state index contributed by atoms with van der Waals surface area (Å²) in [6.45, 7) is 3.43. The third-order valence-corrected chi connectivity index (χ3v) is 7.03. The first-order valence-corrected chi connectivity index (χ1v) is 11.3. The number of pyridine rings is 2.